The average molecular weight is 645 g/mol. The molecule has 1 aromatic heterocycles. The van der Waals surface area contributed by atoms with Crippen molar-refractivity contribution in [3.63, 3.8) is 0 Å². The van der Waals surface area contributed by atoms with Gasteiger partial charge in [0.2, 0.25) is 23.6 Å². The van der Waals surface area contributed by atoms with Crippen LogP contribution < -0.4 is 27.4 Å². The van der Waals surface area contributed by atoms with E-state index in [2.05, 4.69) is 20.9 Å². The topological polar surface area (TPSA) is 250 Å². The van der Waals surface area contributed by atoms with Crippen molar-refractivity contribution in [2.24, 2.45) is 11.5 Å². The molecule has 47 heavy (non-hydrogen) atoms. The van der Waals surface area contributed by atoms with Crippen molar-refractivity contribution >= 4 is 40.5 Å². The molecule has 14 nitrogen and oxygen atoms in total. The molecule has 11 N–H and O–H groups in total. The number of aliphatic carboxylic acids is 1. The number of aromatic hydroxyl groups is 2. The molecule has 0 fully saturated rings. The van der Waals surface area contributed by atoms with Crippen LogP contribution in [0.15, 0.2) is 79.0 Å². The highest BCUT2D eigenvalue weighted by Crippen LogP contribution is 2.19. The smallest absolute Gasteiger partial charge is 0.326 e. The Bertz CT molecular complexity index is 1740. The highest BCUT2D eigenvalue weighted by molar-refractivity contribution is 5.95. The summed E-state index contributed by atoms with van der Waals surface area (Å²) in [6.45, 7) is 0. The molecule has 1 heterocycles. The average Bonchev–Trinajstić information content (AvgIpc) is 3.44. The number of carboxylic acids is 1. The zero-order valence-electron chi connectivity index (χ0n) is 25.2. The number of H-pyrrole nitrogens is 1. The summed E-state index contributed by atoms with van der Waals surface area (Å²) >= 11 is 0. The fourth-order valence-corrected chi connectivity index (χ4v) is 5.01. The number of hydrogen-bond acceptors (Lipinski definition) is 8. The van der Waals surface area contributed by atoms with Gasteiger partial charge in [0.1, 0.15) is 29.6 Å². The monoisotopic (exact) mass is 644 g/mol. The maximum Gasteiger partial charge on any atom is 0.326 e. The molecule has 4 amide bonds. The van der Waals surface area contributed by atoms with E-state index in [0.717, 1.165) is 16.5 Å². The Kier molecular flexibility index (Phi) is 11.1. The number of phenols is 2. The van der Waals surface area contributed by atoms with Crippen molar-refractivity contribution < 1.29 is 39.3 Å². The third-order valence-electron chi connectivity index (χ3n) is 7.49. The van der Waals surface area contributed by atoms with Crippen LogP contribution in [0.3, 0.4) is 0 Å². The van der Waals surface area contributed by atoms with Crippen LogP contribution in [0.2, 0.25) is 0 Å². The van der Waals surface area contributed by atoms with Crippen molar-refractivity contribution in [3.8, 4) is 11.5 Å². The number of phenolic OH excluding ortho intramolecular Hbond substituents is 2. The minimum atomic E-state index is -1.66. The highest BCUT2D eigenvalue weighted by atomic mass is 16.4. The molecule has 0 spiro atoms. The lowest BCUT2D eigenvalue weighted by Crippen LogP contribution is -2.58. The van der Waals surface area contributed by atoms with E-state index in [0.29, 0.717) is 11.1 Å². The zero-order valence-corrected chi connectivity index (χ0v) is 25.2. The summed E-state index contributed by atoms with van der Waals surface area (Å²) in [4.78, 5) is 66.7. The minimum absolute atomic E-state index is 0.00545. The molecule has 0 aliphatic heterocycles. The van der Waals surface area contributed by atoms with Crippen LogP contribution in [0.4, 0.5) is 0 Å². The molecular formula is C33H36N6O8. The van der Waals surface area contributed by atoms with E-state index in [-0.39, 0.29) is 30.8 Å². The number of carbonyl (C=O) groups excluding carboxylic acids is 4. The highest BCUT2D eigenvalue weighted by Gasteiger charge is 2.31. The first-order valence-electron chi connectivity index (χ1n) is 14.7. The Balaban J connectivity index is 1.57. The normalized spacial score (nSPS) is 13.6. The van der Waals surface area contributed by atoms with E-state index in [1.165, 1.54) is 36.4 Å². The number of amides is 4. The molecular weight excluding hydrogens is 608 g/mol. The van der Waals surface area contributed by atoms with Gasteiger partial charge in [0.05, 0.1) is 12.5 Å². The summed E-state index contributed by atoms with van der Waals surface area (Å²) in [6.07, 6.45) is 1.04. The molecule has 0 aliphatic carbocycles. The van der Waals surface area contributed by atoms with Crippen molar-refractivity contribution in [1.29, 1.82) is 0 Å². The van der Waals surface area contributed by atoms with Crippen molar-refractivity contribution in [2.45, 2.75) is 49.9 Å². The van der Waals surface area contributed by atoms with Crippen molar-refractivity contribution in [3.05, 3.63) is 95.7 Å². The van der Waals surface area contributed by atoms with Gasteiger partial charge in [-0.2, -0.15) is 0 Å². The first-order chi connectivity index (χ1) is 22.4. The van der Waals surface area contributed by atoms with Gasteiger partial charge in [0, 0.05) is 29.9 Å². The van der Waals surface area contributed by atoms with Crippen LogP contribution >= 0.6 is 0 Å². The first-order valence-corrected chi connectivity index (χ1v) is 14.7. The molecule has 4 aromatic rings. The predicted molar refractivity (Wildman–Crippen MR) is 171 cm³/mol. The number of para-hydroxylation sites is 1. The molecule has 3 aromatic carbocycles. The molecule has 0 aliphatic rings. The van der Waals surface area contributed by atoms with Crippen LogP contribution in [0.25, 0.3) is 10.9 Å². The van der Waals surface area contributed by atoms with Crippen LogP contribution in [0, 0.1) is 0 Å². The van der Waals surface area contributed by atoms with Crippen molar-refractivity contribution in [1.82, 2.24) is 20.9 Å². The van der Waals surface area contributed by atoms with Gasteiger partial charge < -0.3 is 47.7 Å². The third kappa shape index (κ3) is 9.55. The number of hydrogen-bond donors (Lipinski definition) is 9. The standard InChI is InChI=1S/C33H36N6O8/c34-24(15-20-17-36-25-4-2-1-3-23(20)25)30(43)37-26(13-18-5-9-21(40)10-6-18)31(44)38-27(14-19-7-11-22(41)12-8-19)32(45)39-28(33(46)47)16-29(35)42/h1-12,17,24,26-28,36,40-41H,13-16,34H2,(H2,35,42)(H,37,43)(H,38,44)(H,39,45)(H,46,47). The lowest BCUT2D eigenvalue weighted by molar-refractivity contribution is -0.143. The van der Waals surface area contributed by atoms with Gasteiger partial charge in [-0.3, -0.25) is 19.2 Å². The number of carboxylic acid groups (broad SMARTS) is 1. The quantitative estimate of drug-likeness (QED) is 0.0864. The number of nitrogens with two attached hydrogens (primary N) is 2. The van der Waals surface area contributed by atoms with Crippen LogP contribution in [0.5, 0.6) is 11.5 Å². The van der Waals surface area contributed by atoms with Crippen LogP contribution in [-0.2, 0) is 43.2 Å². The first kappa shape index (κ1) is 34.0. The summed E-state index contributed by atoms with van der Waals surface area (Å²) < 4.78 is 0. The molecule has 4 atom stereocenters. The zero-order chi connectivity index (χ0) is 34.1. The number of nitrogens with one attached hydrogen (secondary N) is 4. The summed E-state index contributed by atoms with van der Waals surface area (Å²) in [6, 6.07) is 13.9. The van der Waals surface area contributed by atoms with E-state index in [9.17, 15) is 39.3 Å². The predicted octanol–water partition coefficient (Wildman–Crippen LogP) is 0.349. The SMILES string of the molecule is NC(=O)CC(NC(=O)C(Cc1ccc(O)cc1)NC(=O)C(Cc1ccc(O)cc1)NC(=O)C(N)Cc1c[nH]c2ccccc12)C(=O)O. The number of aromatic amines is 1. The number of benzene rings is 3. The second kappa shape index (κ2) is 15.4. The molecule has 4 unspecified atom stereocenters. The number of fused-ring (bicyclic) bond motifs is 1. The minimum Gasteiger partial charge on any atom is -0.508 e. The summed E-state index contributed by atoms with van der Waals surface area (Å²) in [5.74, 6) is -4.86. The fourth-order valence-electron chi connectivity index (χ4n) is 5.01. The number of rotatable bonds is 15. The van der Waals surface area contributed by atoms with E-state index >= 15 is 0 Å². The number of primary amides is 1. The lowest BCUT2D eigenvalue weighted by Gasteiger charge is -2.25. The molecule has 0 saturated heterocycles. The largest absolute Gasteiger partial charge is 0.508 e. The van der Waals surface area contributed by atoms with Gasteiger partial charge in [-0.05, 0) is 53.4 Å². The Morgan fingerprint density at radius 3 is 1.68 bits per heavy atom. The van der Waals surface area contributed by atoms with Gasteiger partial charge in [0.15, 0.2) is 0 Å². The second-order valence-corrected chi connectivity index (χ2v) is 11.1. The second-order valence-electron chi connectivity index (χ2n) is 11.1. The van der Waals surface area contributed by atoms with Crippen LogP contribution in [-0.4, -0.2) is 74.1 Å². The number of aromatic nitrogens is 1. The van der Waals surface area contributed by atoms with Gasteiger partial charge in [0.25, 0.3) is 0 Å². The molecule has 4 rings (SSSR count). The molecule has 0 saturated carbocycles. The van der Waals surface area contributed by atoms with E-state index < -0.39 is 60.2 Å². The Labute approximate surface area is 269 Å². The maximum absolute atomic E-state index is 13.8. The third-order valence-corrected chi connectivity index (χ3v) is 7.49. The molecule has 0 bridgehead atoms. The van der Waals surface area contributed by atoms with Gasteiger partial charge in [-0.1, -0.05) is 42.5 Å². The molecule has 0 radical (unpaired) electrons. The fraction of sp³-hybridized carbons (Fsp3) is 0.242. The van der Waals surface area contributed by atoms with Gasteiger partial charge >= 0.3 is 5.97 Å². The van der Waals surface area contributed by atoms with Crippen molar-refractivity contribution in [2.75, 3.05) is 0 Å². The van der Waals surface area contributed by atoms with Gasteiger partial charge in [-0.25, -0.2) is 4.79 Å². The Hall–Kier alpha value is -5.89. The van der Waals surface area contributed by atoms with E-state index in [1.54, 1.807) is 18.3 Å². The summed E-state index contributed by atoms with van der Waals surface area (Å²) in [5.41, 5.74) is 14.2. The molecule has 14 heteroatoms. The van der Waals surface area contributed by atoms with E-state index in [1.807, 2.05) is 24.3 Å². The summed E-state index contributed by atoms with van der Waals surface area (Å²) in [7, 11) is 0. The maximum atomic E-state index is 13.8. The Morgan fingerprint density at radius 2 is 1.17 bits per heavy atom. The summed E-state index contributed by atoms with van der Waals surface area (Å²) in [5, 5.41) is 37.3. The Morgan fingerprint density at radius 1 is 0.681 bits per heavy atom. The van der Waals surface area contributed by atoms with E-state index in [4.69, 9.17) is 11.5 Å². The van der Waals surface area contributed by atoms with Crippen LogP contribution in [0.1, 0.15) is 23.1 Å². The lowest BCUT2D eigenvalue weighted by atomic mass is 10.0. The number of carbonyl (C=O) groups is 5. The van der Waals surface area contributed by atoms with Gasteiger partial charge in [-0.15, -0.1) is 0 Å². The molecule has 246 valence electrons.